The summed E-state index contributed by atoms with van der Waals surface area (Å²) < 4.78 is 5.62. The molecule has 0 spiro atoms. The Hall–Kier alpha value is -2.47. The fourth-order valence-corrected chi connectivity index (χ4v) is 1.78. The second-order valence-electron chi connectivity index (χ2n) is 4.33. The van der Waals surface area contributed by atoms with E-state index in [4.69, 9.17) is 15.7 Å². The number of anilines is 1. The number of hydrogen-bond donors (Lipinski definition) is 1. The number of benzene rings is 2. The largest absolute Gasteiger partial charge is 0.494 e. The van der Waals surface area contributed by atoms with Gasteiger partial charge in [-0.3, -0.25) is 0 Å². The van der Waals surface area contributed by atoms with Crippen LogP contribution in [-0.4, -0.2) is 6.61 Å². The van der Waals surface area contributed by atoms with Crippen LogP contribution in [0.2, 0.25) is 0 Å². The predicted octanol–water partition coefficient (Wildman–Crippen LogP) is 3.15. The van der Waals surface area contributed by atoms with Crippen LogP contribution in [0.3, 0.4) is 0 Å². The molecule has 0 aliphatic carbocycles. The first-order chi connectivity index (χ1) is 9.28. The molecule has 0 fully saturated rings. The summed E-state index contributed by atoms with van der Waals surface area (Å²) in [5, 5.41) is 8.69. The predicted molar refractivity (Wildman–Crippen MR) is 75.8 cm³/mol. The first kappa shape index (κ1) is 13.0. The summed E-state index contributed by atoms with van der Waals surface area (Å²) in [6.07, 6.45) is 1.92. The van der Waals surface area contributed by atoms with Gasteiger partial charge in [-0.2, -0.15) is 5.26 Å². The second-order valence-corrected chi connectivity index (χ2v) is 4.33. The number of nitrogens with two attached hydrogens (primary N) is 1. The molecule has 19 heavy (non-hydrogen) atoms. The summed E-state index contributed by atoms with van der Waals surface area (Å²) in [6.45, 7) is 0.663. The first-order valence-electron chi connectivity index (χ1n) is 6.25. The van der Waals surface area contributed by atoms with Crippen LogP contribution in [0.4, 0.5) is 5.69 Å². The van der Waals surface area contributed by atoms with Crippen LogP contribution in [0.15, 0.2) is 48.5 Å². The lowest BCUT2D eigenvalue weighted by atomic mass is 10.1. The third-order valence-electron chi connectivity index (χ3n) is 2.84. The molecule has 2 aromatic carbocycles. The number of nitrogens with zero attached hydrogens (tertiary/aromatic N) is 1. The van der Waals surface area contributed by atoms with Gasteiger partial charge in [-0.1, -0.05) is 12.1 Å². The molecule has 96 valence electrons. The maximum atomic E-state index is 8.69. The minimum atomic E-state index is 0.647. The molecule has 0 aliphatic rings. The van der Waals surface area contributed by atoms with E-state index in [0.717, 1.165) is 24.3 Å². The fourth-order valence-electron chi connectivity index (χ4n) is 1.78. The molecular formula is C16H16N2O. The van der Waals surface area contributed by atoms with Gasteiger partial charge in [0.2, 0.25) is 0 Å². The Morgan fingerprint density at radius 2 is 1.68 bits per heavy atom. The van der Waals surface area contributed by atoms with Crippen LogP contribution in [0.25, 0.3) is 0 Å². The molecule has 3 heteroatoms. The van der Waals surface area contributed by atoms with E-state index in [1.807, 2.05) is 36.4 Å². The van der Waals surface area contributed by atoms with E-state index in [1.54, 1.807) is 12.1 Å². The Labute approximate surface area is 113 Å². The number of nitrogen functional groups attached to an aromatic ring is 1. The number of hydrogen-bond acceptors (Lipinski definition) is 3. The van der Waals surface area contributed by atoms with Gasteiger partial charge in [0.25, 0.3) is 0 Å². The van der Waals surface area contributed by atoms with Crippen LogP contribution < -0.4 is 10.5 Å². The van der Waals surface area contributed by atoms with Gasteiger partial charge in [-0.15, -0.1) is 0 Å². The number of ether oxygens (including phenoxy) is 1. The molecule has 0 unspecified atom stereocenters. The Kier molecular flexibility index (Phi) is 4.41. The standard InChI is InChI=1S/C16H16N2O/c17-12-14-5-9-16(10-6-14)19-11-1-2-13-3-7-15(18)8-4-13/h3-10H,1-2,11,18H2. The molecule has 2 N–H and O–H groups in total. The molecule has 0 atom stereocenters. The van der Waals surface area contributed by atoms with Crippen molar-refractivity contribution in [2.45, 2.75) is 12.8 Å². The van der Waals surface area contributed by atoms with Crippen LogP contribution in [0, 0.1) is 11.3 Å². The number of nitriles is 1. The van der Waals surface area contributed by atoms with Gasteiger partial charge in [0.15, 0.2) is 0 Å². The van der Waals surface area contributed by atoms with Crippen LogP contribution in [0.1, 0.15) is 17.5 Å². The summed E-state index contributed by atoms with van der Waals surface area (Å²) in [7, 11) is 0. The van der Waals surface area contributed by atoms with Gasteiger partial charge in [-0.25, -0.2) is 0 Å². The number of aryl methyl sites for hydroxylation is 1. The Morgan fingerprint density at radius 3 is 2.32 bits per heavy atom. The third kappa shape index (κ3) is 4.04. The zero-order valence-electron chi connectivity index (χ0n) is 10.7. The highest BCUT2D eigenvalue weighted by atomic mass is 16.5. The zero-order chi connectivity index (χ0) is 13.5. The monoisotopic (exact) mass is 252 g/mol. The van der Waals surface area contributed by atoms with Gasteiger partial charge < -0.3 is 10.5 Å². The average Bonchev–Trinajstić information content (AvgIpc) is 2.46. The molecule has 2 aromatic rings. The lowest BCUT2D eigenvalue weighted by Gasteiger charge is -2.06. The van der Waals surface area contributed by atoms with Crippen molar-refractivity contribution in [3.63, 3.8) is 0 Å². The molecule has 2 rings (SSSR count). The van der Waals surface area contributed by atoms with Gasteiger partial charge in [0, 0.05) is 5.69 Å². The topological polar surface area (TPSA) is 59.0 Å². The van der Waals surface area contributed by atoms with E-state index in [-0.39, 0.29) is 0 Å². The van der Waals surface area contributed by atoms with Crippen LogP contribution in [0.5, 0.6) is 5.75 Å². The quantitative estimate of drug-likeness (QED) is 0.657. The minimum absolute atomic E-state index is 0.647. The van der Waals surface area contributed by atoms with Crippen molar-refractivity contribution in [3.8, 4) is 11.8 Å². The van der Waals surface area contributed by atoms with Gasteiger partial charge in [0.05, 0.1) is 18.2 Å². The van der Waals surface area contributed by atoms with Gasteiger partial charge in [0.1, 0.15) is 5.75 Å². The lowest BCUT2D eigenvalue weighted by molar-refractivity contribution is 0.311. The van der Waals surface area contributed by atoms with E-state index in [1.165, 1.54) is 5.56 Å². The highest BCUT2D eigenvalue weighted by molar-refractivity contribution is 5.39. The molecule has 0 aliphatic heterocycles. The molecule has 0 saturated carbocycles. The number of rotatable bonds is 5. The molecule has 0 heterocycles. The van der Waals surface area contributed by atoms with Crippen molar-refractivity contribution in [2.75, 3.05) is 12.3 Å². The van der Waals surface area contributed by atoms with Crippen molar-refractivity contribution in [2.24, 2.45) is 0 Å². The van der Waals surface area contributed by atoms with Crippen molar-refractivity contribution in [3.05, 3.63) is 59.7 Å². The second kappa shape index (κ2) is 6.46. The fraction of sp³-hybridized carbons (Fsp3) is 0.188. The molecule has 0 bridgehead atoms. The average molecular weight is 252 g/mol. The Bertz CT molecular complexity index is 553. The summed E-state index contributed by atoms with van der Waals surface area (Å²) in [6, 6.07) is 17.1. The van der Waals surface area contributed by atoms with E-state index in [0.29, 0.717) is 12.2 Å². The van der Waals surface area contributed by atoms with Gasteiger partial charge in [-0.05, 0) is 54.8 Å². The van der Waals surface area contributed by atoms with Crippen LogP contribution >= 0.6 is 0 Å². The molecule has 0 amide bonds. The third-order valence-corrected chi connectivity index (χ3v) is 2.84. The maximum absolute atomic E-state index is 8.69. The summed E-state index contributed by atoms with van der Waals surface area (Å²) in [5.41, 5.74) is 8.33. The lowest BCUT2D eigenvalue weighted by Crippen LogP contribution is -1.99. The van der Waals surface area contributed by atoms with Crippen molar-refractivity contribution in [1.82, 2.24) is 0 Å². The summed E-state index contributed by atoms with van der Waals surface area (Å²) in [4.78, 5) is 0. The zero-order valence-corrected chi connectivity index (χ0v) is 10.7. The maximum Gasteiger partial charge on any atom is 0.119 e. The molecule has 0 radical (unpaired) electrons. The summed E-state index contributed by atoms with van der Waals surface area (Å²) >= 11 is 0. The van der Waals surface area contributed by atoms with E-state index >= 15 is 0 Å². The van der Waals surface area contributed by atoms with Crippen molar-refractivity contribution < 1.29 is 4.74 Å². The van der Waals surface area contributed by atoms with E-state index < -0.39 is 0 Å². The molecule has 0 saturated heterocycles. The molecule has 3 nitrogen and oxygen atoms in total. The molecular weight excluding hydrogens is 236 g/mol. The van der Waals surface area contributed by atoms with Gasteiger partial charge >= 0.3 is 0 Å². The normalized spacial score (nSPS) is 9.84. The Balaban J connectivity index is 1.74. The summed E-state index contributed by atoms with van der Waals surface area (Å²) in [5.74, 6) is 0.802. The van der Waals surface area contributed by atoms with Crippen LogP contribution in [-0.2, 0) is 6.42 Å². The van der Waals surface area contributed by atoms with Crippen molar-refractivity contribution >= 4 is 5.69 Å². The van der Waals surface area contributed by atoms with E-state index in [9.17, 15) is 0 Å². The minimum Gasteiger partial charge on any atom is -0.494 e. The first-order valence-corrected chi connectivity index (χ1v) is 6.25. The highest BCUT2D eigenvalue weighted by Crippen LogP contribution is 2.13. The highest BCUT2D eigenvalue weighted by Gasteiger charge is 1.96. The molecule has 0 aromatic heterocycles. The van der Waals surface area contributed by atoms with Crippen molar-refractivity contribution in [1.29, 1.82) is 5.26 Å². The Morgan fingerprint density at radius 1 is 1.00 bits per heavy atom. The van der Waals surface area contributed by atoms with E-state index in [2.05, 4.69) is 6.07 Å². The smallest absolute Gasteiger partial charge is 0.119 e. The SMILES string of the molecule is N#Cc1ccc(OCCCc2ccc(N)cc2)cc1.